The smallest absolute Gasteiger partial charge is 0.273 e. The van der Waals surface area contributed by atoms with Gasteiger partial charge in [-0.05, 0) is 12.1 Å². The number of amides is 1. The van der Waals surface area contributed by atoms with E-state index >= 15 is 0 Å². The first-order chi connectivity index (χ1) is 12.7. The van der Waals surface area contributed by atoms with Crippen molar-refractivity contribution in [3.63, 3.8) is 0 Å². The minimum absolute atomic E-state index is 0.0232. The van der Waals surface area contributed by atoms with Gasteiger partial charge < -0.3 is 14.6 Å². The SMILES string of the molecule is COCCN1CCN(C(=O)c2csc(-c3cc4ccccc4[nH]3)n2)CC1. The number of para-hydroxylation sites is 1. The molecule has 0 bridgehead atoms. The van der Waals surface area contributed by atoms with Gasteiger partial charge in [0.15, 0.2) is 0 Å². The van der Waals surface area contributed by atoms with E-state index in [1.54, 1.807) is 7.11 Å². The maximum Gasteiger partial charge on any atom is 0.273 e. The molecule has 3 heterocycles. The fraction of sp³-hybridized carbons (Fsp3) is 0.368. The number of fused-ring (bicyclic) bond motifs is 1. The quantitative estimate of drug-likeness (QED) is 0.750. The standard InChI is InChI=1S/C19H22N4O2S/c1-25-11-10-22-6-8-23(9-7-22)19(24)17-13-26-18(21-17)16-12-14-4-2-3-5-15(14)20-16/h2-5,12-13,20H,6-11H2,1H3. The van der Waals surface area contributed by atoms with Gasteiger partial charge in [0, 0.05) is 56.1 Å². The average Bonchev–Trinajstić information content (AvgIpc) is 3.33. The van der Waals surface area contributed by atoms with Gasteiger partial charge in [-0.2, -0.15) is 0 Å². The molecule has 4 rings (SSSR count). The number of carbonyl (C=O) groups is 1. The Kier molecular flexibility index (Phi) is 5.01. The van der Waals surface area contributed by atoms with Gasteiger partial charge in [-0.25, -0.2) is 4.98 Å². The molecular formula is C19H22N4O2S. The monoisotopic (exact) mass is 370 g/mol. The molecule has 0 aliphatic carbocycles. The molecule has 1 aliphatic rings. The molecule has 1 aromatic carbocycles. The van der Waals surface area contributed by atoms with Crippen LogP contribution in [0.2, 0.25) is 0 Å². The van der Waals surface area contributed by atoms with Gasteiger partial charge in [-0.15, -0.1) is 11.3 Å². The zero-order valence-electron chi connectivity index (χ0n) is 14.8. The number of hydrogen-bond donors (Lipinski definition) is 1. The van der Waals surface area contributed by atoms with E-state index in [1.807, 2.05) is 28.5 Å². The number of piperazine rings is 1. The molecule has 0 saturated carbocycles. The molecule has 2 aromatic heterocycles. The van der Waals surface area contributed by atoms with Crippen molar-refractivity contribution in [2.45, 2.75) is 0 Å². The van der Waals surface area contributed by atoms with Crippen molar-refractivity contribution in [1.82, 2.24) is 19.8 Å². The van der Waals surface area contributed by atoms with Gasteiger partial charge in [-0.3, -0.25) is 9.69 Å². The minimum Gasteiger partial charge on any atom is -0.383 e. The molecule has 7 heteroatoms. The van der Waals surface area contributed by atoms with Crippen molar-refractivity contribution < 1.29 is 9.53 Å². The molecule has 26 heavy (non-hydrogen) atoms. The second-order valence-corrected chi connectivity index (χ2v) is 7.29. The Morgan fingerprint density at radius 3 is 2.85 bits per heavy atom. The maximum atomic E-state index is 12.8. The molecule has 1 fully saturated rings. The molecule has 6 nitrogen and oxygen atoms in total. The lowest BCUT2D eigenvalue weighted by atomic mass is 10.2. The average molecular weight is 370 g/mol. The Morgan fingerprint density at radius 2 is 2.08 bits per heavy atom. The number of rotatable bonds is 5. The Hall–Kier alpha value is -2.22. The summed E-state index contributed by atoms with van der Waals surface area (Å²) in [5.41, 5.74) is 2.58. The lowest BCUT2D eigenvalue weighted by Crippen LogP contribution is -2.49. The summed E-state index contributed by atoms with van der Waals surface area (Å²) in [4.78, 5) is 24.9. The third kappa shape index (κ3) is 3.51. The van der Waals surface area contributed by atoms with E-state index in [-0.39, 0.29) is 5.91 Å². The zero-order valence-corrected chi connectivity index (χ0v) is 15.6. The number of nitrogens with one attached hydrogen (secondary N) is 1. The number of H-pyrrole nitrogens is 1. The van der Waals surface area contributed by atoms with Gasteiger partial charge in [0.25, 0.3) is 5.91 Å². The van der Waals surface area contributed by atoms with Crippen LogP contribution < -0.4 is 0 Å². The number of methoxy groups -OCH3 is 1. The van der Waals surface area contributed by atoms with Gasteiger partial charge in [0.05, 0.1) is 12.3 Å². The van der Waals surface area contributed by atoms with E-state index in [0.717, 1.165) is 60.9 Å². The topological polar surface area (TPSA) is 61.5 Å². The molecule has 1 saturated heterocycles. The van der Waals surface area contributed by atoms with E-state index in [4.69, 9.17) is 4.74 Å². The number of aromatic nitrogens is 2. The number of aromatic amines is 1. The molecule has 3 aromatic rings. The Labute approximate surface area is 156 Å². The summed E-state index contributed by atoms with van der Waals surface area (Å²) in [5.74, 6) is 0.0232. The van der Waals surface area contributed by atoms with Crippen LogP contribution in [0.1, 0.15) is 10.5 Å². The van der Waals surface area contributed by atoms with Crippen molar-refractivity contribution >= 4 is 28.1 Å². The highest BCUT2D eigenvalue weighted by atomic mass is 32.1. The molecule has 136 valence electrons. The largest absolute Gasteiger partial charge is 0.383 e. The van der Waals surface area contributed by atoms with Crippen LogP contribution in [0.5, 0.6) is 0 Å². The Bertz CT molecular complexity index is 863. The molecule has 1 aliphatic heterocycles. The lowest BCUT2D eigenvalue weighted by molar-refractivity contribution is 0.0589. The molecule has 0 spiro atoms. The van der Waals surface area contributed by atoms with Crippen LogP contribution in [0.25, 0.3) is 21.6 Å². The predicted molar refractivity (Wildman–Crippen MR) is 104 cm³/mol. The van der Waals surface area contributed by atoms with Crippen molar-refractivity contribution in [3.8, 4) is 10.7 Å². The number of ether oxygens (including phenoxy) is 1. The van der Waals surface area contributed by atoms with Crippen LogP contribution in [0, 0.1) is 0 Å². The highest BCUT2D eigenvalue weighted by Crippen LogP contribution is 2.27. The van der Waals surface area contributed by atoms with Crippen LogP contribution in [-0.2, 0) is 4.74 Å². The first kappa shape index (κ1) is 17.2. The summed E-state index contributed by atoms with van der Waals surface area (Å²) in [6.07, 6.45) is 0. The third-order valence-corrected chi connectivity index (χ3v) is 5.63. The highest BCUT2D eigenvalue weighted by Gasteiger charge is 2.24. The second kappa shape index (κ2) is 7.57. The number of nitrogens with zero attached hydrogens (tertiary/aromatic N) is 3. The Balaban J connectivity index is 1.43. The van der Waals surface area contributed by atoms with E-state index in [1.165, 1.54) is 11.3 Å². The molecule has 0 radical (unpaired) electrons. The summed E-state index contributed by atoms with van der Waals surface area (Å²) in [6.45, 7) is 4.89. The number of benzene rings is 1. The highest BCUT2D eigenvalue weighted by molar-refractivity contribution is 7.13. The van der Waals surface area contributed by atoms with Gasteiger partial charge in [0.2, 0.25) is 0 Å². The molecule has 1 N–H and O–H groups in total. The fourth-order valence-electron chi connectivity index (χ4n) is 3.24. The maximum absolute atomic E-state index is 12.8. The first-order valence-corrected chi connectivity index (χ1v) is 9.67. The zero-order chi connectivity index (χ0) is 17.9. The number of carbonyl (C=O) groups excluding carboxylic acids is 1. The number of hydrogen-bond acceptors (Lipinski definition) is 5. The molecule has 0 atom stereocenters. The van der Waals surface area contributed by atoms with Gasteiger partial charge in [0.1, 0.15) is 10.7 Å². The van der Waals surface area contributed by atoms with E-state index in [0.29, 0.717) is 5.69 Å². The van der Waals surface area contributed by atoms with Gasteiger partial charge >= 0.3 is 0 Å². The van der Waals surface area contributed by atoms with Crippen LogP contribution in [0.15, 0.2) is 35.7 Å². The fourth-order valence-corrected chi connectivity index (χ4v) is 4.01. The first-order valence-electron chi connectivity index (χ1n) is 8.79. The summed E-state index contributed by atoms with van der Waals surface area (Å²) < 4.78 is 5.12. The predicted octanol–water partition coefficient (Wildman–Crippen LogP) is 2.70. The normalized spacial score (nSPS) is 15.7. The van der Waals surface area contributed by atoms with E-state index in [9.17, 15) is 4.79 Å². The number of thiazole rings is 1. The van der Waals surface area contributed by atoms with Crippen LogP contribution in [0.4, 0.5) is 0 Å². The van der Waals surface area contributed by atoms with Crippen LogP contribution in [0.3, 0.4) is 0 Å². The van der Waals surface area contributed by atoms with Crippen LogP contribution in [-0.4, -0.2) is 72.1 Å². The molecular weight excluding hydrogens is 348 g/mol. The summed E-state index contributed by atoms with van der Waals surface area (Å²) in [7, 11) is 1.72. The van der Waals surface area contributed by atoms with Crippen molar-refractivity contribution in [1.29, 1.82) is 0 Å². The minimum atomic E-state index is 0.0232. The molecule has 0 unspecified atom stereocenters. The van der Waals surface area contributed by atoms with Crippen molar-refractivity contribution in [3.05, 3.63) is 41.4 Å². The van der Waals surface area contributed by atoms with E-state index in [2.05, 4.69) is 27.0 Å². The van der Waals surface area contributed by atoms with Crippen molar-refractivity contribution in [2.75, 3.05) is 46.4 Å². The second-order valence-electron chi connectivity index (χ2n) is 6.43. The summed E-state index contributed by atoms with van der Waals surface area (Å²) in [5, 5.41) is 3.86. The van der Waals surface area contributed by atoms with Gasteiger partial charge in [-0.1, -0.05) is 18.2 Å². The molecule has 1 amide bonds. The summed E-state index contributed by atoms with van der Waals surface area (Å²) in [6, 6.07) is 10.2. The van der Waals surface area contributed by atoms with Crippen LogP contribution >= 0.6 is 11.3 Å². The van der Waals surface area contributed by atoms with E-state index < -0.39 is 0 Å². The third-order valence-electron chi connectivity index (χ3n) is 4.75. The van der Waals surface area contributed by atoms with Crippen molar-refractivity contribution in [2.24, 2.45) is 0 Å². The summed E-state index contributed by atoms with van der Waals surface area (Å²) >= 11 is 1.51. The Morgan fingerprint density at radius 1 is 1.27 bits per heavy atom. The lowest BCUT2D eigenvalue weighted by Gasteiger charge is -2.34.